The van der Waals surface area contributed by atoms with E-state index in [1.54, 1.807) is 6.92 Å². The molecule has 0 saturated carbocycles. The van der Waals surface area contributed by atoms with Gasteiger partial charge in [0, 0.05) is 13.1 Å². The van der Waals surface area contributed by atoms with Gasteiger partial charge in [-0.1, -0.05) is 6.92 Å². The Hall–Kier alpha value is -0.0800. The Morgan fingerprint density at radius 1 is 1.40 bits per heavy atom. The summed E-state index contributed by atoms with van der Waals surface area (Å²) in [6.45, 7) is 6.00. The lowest BCUT2D eigenvalue weighted by molar-refractivity contribution is -0.0487. The molecule has 2 heteroatoms. The Morgan fingerprint density at radius 2 is 1.90 bits per heavy atom. The van der Waals surface area contributed by atoms with Crippen molar-refractivity contribution in [3.05, 3.63) is 0 Å². The zero-order valence-corrected chi connectivity index (χ0v) is 6.84. The van der Waals surface area contributed by atoms with E-state index in [4.69, 9.17) is 0 Å². The van der Waals surface area contributed by atoms with Gasteiger partial charge in [-0.2, -0.15) is 0 Å². The number of hydrogen-bond donors (Lipinski definition) is 0. The third-order valence-electron chi connectivity index (χ3n) is 2.33. The van der Waals surface area contributed by atoms with E-state index < -0.39 is 6.23 Å². The predicted octanol–water partition coefficient (Wildman–Crippen LogP) is 1.49. The van der Waals surface area contributed by atoms with Gasteiger partial charge in [0.2, 0.25) is 0 Å². The molecule has 1 heterocycles. The van der Waals surface area contributed by atoms with Gasteiger partial charge in [-0.15, -0.1) is 0 Å². The lowest BCUT2D eigenvalue weighted by Gasteiger charge is -2.30. The lowest BCUT2D eigenvalue weighted by Crippen LogP contribution is -2.38. The molecule has 0 aliphatic carbocycles. The van der Waals surface area contributed by atoms with Gasteiger partial charge >= 0.3 is 0 Å². The number of likely N-dealkylation sites (tertiary alicyclic amines) is 1. The highest BCUT2D eigenvalue weighted by molar-refractivity contribution is 4.69. The molecule has 1 unspecified atom stereocenters. The molecule has 0 spiro atoms. The van der Waals surface area contributed by atoms with Gasteiger partial charge in [0.1, 0.15) is 6.23 Å². The van der Waals surface area contributed by atoms with Gasteiger partial charge in [0.25, 0.3) is 0 Å². The van der Waals surface area contributed by atoms with Gasteiger partial charge in [-0.05, 0) is 25.7 Å². The van der Waals surface area contributed by atoms with Gasteiger partial charge in [0.15, 0.2) is 0 Å². The maximum atomic E-state index is 10.9. The van der Waals surface area contributed by atoms with Gasteiger partial charge in [-0.25, -0.2) is 5.11 Å². The smallest absolute Gasteiger partial charge is 0.143 e. The van der Waals surface area contributed by atoms with Gasteiger partial charge in [0.05, 0.1) is 0 Å². The fourth-order valence-corrected chi connectivity index (χ4v) is 1.39. The highest BCUT2D eigenvalue weighted by Gasteiger charge is 2.18. The summed E-state index contributed by atoms with van der Waals surface area (Å²) >= 11 is 0. The molecular weight excluding hydrogens is 126 g/mol. The van der Waals surface area contributed by atoms with E-state index in [1.165, 1.54) is 12.8 Å². The summed E-state index contributed by atoms with van der Waals surface area (Å²) < 4.78 is 0. The fraction of sp³-hybridized carbons (Fsp3) is 1.00. The molecule has 1 aliphatic heterocycles. The van der Waals surface area contributed by atoms with Crippen LogP contribution < -0.4 is 0 Å². The molecule has 1 fully saturated rings. The van der Waals surface area contributed by atoms with Gasteiger partial charge in [-0.3, -0.25) is 4.90 Å². The first-order valence-corrected chi connectivity index (χ1v) is 4.10. The molecule has 0 amide bonds. The highest BCUT2D eigenvalue weighted by atomic mass is 16.3. The van der Waals surface area contributed by atoms with E-state index >= 15 is 0 Å². The van der Waals surface area contributed by atoms with Crippen molar-refractivity contribution in [2.24, 2.45) is 5.92 Å². The minimum Gasteiger partial charge on any atom is -0.276 e. The Labute approximate surface area is 62.8 Å². The summed E-state index contributed by atoms with van der Waals surface area (Å²) in [7, 11) is 0. The zero-order valence-electron chi connectivity index (χ0n) is 6.84. The molecule has 59 valence electrons. The van der Waals surface area contributed by atoms with Crippen LogP contribution in [-0.4, -0.2) is 24.2 Å². The van der Waals surface area contributed by atoms with Crippen LogP contribution in [0.5, 0.6) is 0 Å². The standard InChI is InChI=1S/C8H16NO/c1-7-3-5-9(6-4-7)8(2)10/h7-8H,3-6H2,1-2H3. The van der Waals surface area contributed by atoms with Crippen LogP contribution in [0.25, 0.3) is 0 Å². The van der Waals surface area contributed by atoms with Crippen molar-refractivity contribution in [3.8, 4) is 0 Å². The molecule has 1 aliphatic rings. The SMILES string of the molecule is CC1CCN(C(C)[O])CC1. The van der Waals surface area contributed by atoms with Crippen LogP contribution in [0.15, 0.2) is 0 Å². The van der Waals surface area contributed by atoms with Crippen LogP contribution in [0.3, 0.4) is 0 Å². The normalized spacial score (nSPS) is 26.7. The second kappa shape index (κ2) is 3.35. The number of piperidine rings is 1. The van der Waals surface area contributed by atoms with Crippen molar-refractivity contribution in [3.63, 3.8) is 0 Å². The summed E-state index contributed by atoms with van der Waals surface area (Å²) in [6.07, 6.45) is 1.91. The van der Waals surface area contributed by atoms with Crippen LogP contribution in [0.2, 0.25) is 0 Å². The van der Waals surface area contributed by atoms with Crippen molar-refractivity contribution in [1.29, 1.82) is 0 Å². The molecule has 0 aromatic rings. The summed E-state index contributed by atoms with van der Waals surface area (Å²) in [5.74, 6) is 0.829. The largest absolute Gasteiger partial charge is 0.276 e. The molecule has 0 aromatic carbocycles. The second-order valence-corrected chi connectivity index (χ2v) is 3.32. The number of hydrogen-bond acceptors (Lipinski definition) is 1. The summed E-state index contributed by atoms with van der Waals surface area (Å²) in [5.41, 5.74) is 0. The summed E-state index contributed by atoms with van der Waals surface area (Å²) in [6, 6.07) is 0. The van der Waals surface area contributed by atoms with E-state index in [9.17, 15) is 5.11 Å². The van der Waals surface area contributed by atoms with Crippen LogP contribution in [-0.2, 0) is 5.11 Å². The Kier molecular flexibility index (Phi) is 2.69. The maximum absolute atomic E-state index is 10.9. The van der Waals surface area contributed by atoms with Crippen LogP contribution in [0.4, 0.5) is 0 Å². The highest BCUT2D eigenvalue weighted by Crippen LogP contribution is 2.16. The van der Waals surface area contributed by atoms with E-state index in [1.807, 2.05) is 4.90 Å². The van der Waals surface area contributed by atoms with Crippen molar-refractivity contribution in [1.82, 2.24) is 4.90 Å². The molecule has 2 nitrogen and oxygen atoms in total. The lowest BCUT2D eigenvalue weighted by atomic mass is 9.99. The molecule has 0 aromatic heterocycles. The minimum atomic E-state index is -0.493. The van der Waals surface area contributed by atoms with E-state index in [-0.39, 0.29) is 0 Å². The first-order chi connectivity index (χ1) is 4.70. The predicted molar refractivity (Wildman–Crippen MR) is 40.1 cm³/mol. The van der Waals surface area contributed by atoms with Crippen LogP contribution >= 0.6 is 0 Å². The topological polar surface area (TPSA) is 23.1 Å². The summed E-state index contributed by atoms with van der Waals surface area (Å²) in [5, 5.41) is 10.9. The number of rotatable bonds is 1. The Morgan fingerprint density at radius 3 is 2.30 bits per heavy atom. The quantitative estimate of drug-likeness (QED) is 0.544. The minimum absolute atomic E-state index is 0.493. The van der Waals surface area contributed by atoms with Crippen molar-refractivity contribution < 1.29 is 5.11 Å². The van der Waals surface area contributed by atoms with Crippen LogP contribution in [0.1, 0.15) is 26.7 Å². The fourth-order valence-electron chi connectivity index (χ4n) is 1.39. The van der Waals surface area contributed by atoms with E-state index in [0.717, 1.165) is 19.0 Å². The molecule has 1 radical (unpaired) electrons. The first kappa shape index (κ1) is 8.02. The Bertz CT molecular complexity index is 95.4. The average molecular weight is 142 g/mol. The molecule has 0 N–H and O–H groups in total. The van der Waals surface area contributed by atoms with Crippen molar-refractivity contribution >= 4 is 0 Å². The van der Waals surface area contributed by atoms with Gasteiger partial charge < -0.3 is 0 Å². The van der Waals surface area contributed by atoms with Crippen molar-refractivity contribution in [2.45, 2.75) is 32.9 Å². The van der Waals surface area contributed by atoms with E-state index in [2.05, 4.69) is 6.92 Å². The third-order valence-corrected chi connectivity index (χ3v) is 2.33. The molecule has 1 rings (SSSR count). The molecule has 0 bridgehead atoms. The Balaban J connectivity index is 2.26. The van der Waals surface area contributed by atoms with Crippen molar-refractivity contribution in [2.75, 3.05) is 13.1 Å². The molecule has 1 atom stereocenters. The first-order valence-electron chi connectivity index (χ1n) is 4.10. The monoisotopic (exact) mass is 142 g/mol. The zero-order chi connectivity index (χ0) is 7.56. The van der Waals surface area contributed by atoms with Crippen LogP contribution in [0, 0.1) is 5.92 Å². The molecular formula is C8H16NO. The third kappa shape index (κ3) is 1.96. The molecule has 10 heavy (non-hydrogen) atoms. The maximum Gasteiger partial charge on any atom is 0.143 e. The summed E-state index contributed by atoms with van der Waals surface area (Å²) in [4.78, 5) is 2.01. The number of nitrogens with zero attached hydrogens (tertiary/aromatic N) is 1. The second-order valence-electron chi connectivity index (χ2n) is 3.32. The van der Waals surface area contributed by atoms with E-state index in [0.29, 0.717) is 0 Å². The average Bonchev–Trinajstić information content (AvgIpc) is 1.88. The molecule has 1 saturated heterocycles.